The number of aliphatic hydroxyl groups excluding tert-OH is 2. The number of hydrogen-bond acceptors (Lipinski definition) is 6. The Labute approximate surface area is 147 Å². The van der Waals surface area contributed by atoms with E-state index in [1.807, 2.05) is 27.7 Å². The van der Waals surface area contributed by atoms with Gasteiger partial charge in [-0.3, -0.25) is 9.59 Å². The molecule has 0 fully saturated rings. The maximum Gasteiger partial charge on any atom is 0.306 e. The van der Waals surface area contributed by atoms with Crippen LogP contribution < -0.4 is 0 Å². The van der Waals surface area contributed by atoms with E-state index in [1.54, 1.807) is 0 Å². The molecule has 0 aromatic heterocycles. The van der Waals surface area contributed by atoms with Crippen LogP contribution >= 0.6 is 0 Å². The van der Waals surface area contributed by atoms with Gasteiger partial charge in [-0.05, 0) is 38.5 Å². The SMILES string of the molecule is CCC(CC)OC(=O)CCCCC(=O)OC(CC)CC.CO.CO. The first-order valence-electron chi connectivity index (χ1n) is 8.85. The average molecular weight is 350 g/mol. The Balaban J connectivity index is -0.00000102. The molecule has 0 aliphatic rings. The molecule has 0 aromatic rings. The monoisotopic (exact) mass is 350 g/mol. The second kappa shape index (κ2) is 21.9. The average Bonchev–Trinajstić information content (AvgIpc) is 2.64. The fourth-order valence-corrected chi connectivity index (χ4v) is 1.94. The standard InChI is InChI=1S/C16H30O4.2CH4O/c1-5-13(6-2)19-15(17)11-9-10-12-16(18)20-14(7-3)8-4;2*1-2/h13-14H,5-12H2,1-4H3;2*2H,1H3. The van der Waals surface area contributed by atoms with Crippen molar-refractivity contribution in [2.24, 2.45) is 0 Å². The zero-order valence-electron chi connectivity index (χ0n) is 16.3. The Hall–Kier alpha value is -1.14. The largest absolute Gasteiger partial charge is 0.462 e. The molecule has 0 atom stereocenters. The highest BCUT2D eigenvalue weighted by atomic mass is 16.5. The Morgan fingerprint density at radius 1 is 0.667 bits per heavy atom. The highest BCUT2D eigenvalue weighted by Gasteiger charge is 2.12. The minimum atomic E-state index is -0.160. The molecule has 0 amide bonds. The third-order valence-electron chi connectivity index (χ3n) is 3.43. The maximum atomic E-state index is 11.5. The first-order valence-corrected chi connectivity index (χ1v) is 8.85. The number of carbonyl (C=O) groups is 2. The summed E-state index contributed by atoms with van der Waals surface area (Å²) < 4.78 is 10.6. The van der Waals surface area contributed by atoms with Crippen LogP contribution in [0.25, 0.3) is 0 Å². The van der Waals surface area contributed by atoms with Crippen LogP contribution in [0.15, 0.2) is 0 Å². The van der Waals surface area contributed by atoms with Crippen LogP contribution in [0.3, 0.4) is 0 Å². The molecule has 24 heavy (non-hydrogen) atoms. The number of ether oxygens (including phenoxy) is 2. The van der Waals surface area contributed by atoms with Crippen LogP contribution in [-0.4, -0.2) is 48.6 Å². The third kappa shape index (κ3) is 17.2. The van der Waals surface area contributed by atoms with Gasteiger partial charge in [0.1, 0.15) is 12.2 Å². The van der Waals surface area contributed by atoms with Crippen molar-refractivity contribution in [1.29, 1.82) is 0 Å². The summed E-state index contributed by atoms with van der Waals surface area (Å²) in [5, 5.41) is 14.0. The summed E-state index contributed by atoms with van der Waals surface area (Å²) in [5.41, 5.74) is 0. The number of rotatable bonds is 11. The first-order chi connectivity index (χ1) is 11.6. The molecule has 6 heteroatoms. The molecule has 0 radical (unpaired) electrons. The normalized spacial score (nSPS) is 9.58. The molecular weight excluding hydrogens is 312 g/mol. The topological polar surface area (TPSA) is 93.1 Å². The Bertz CT molecular complexity index is 245. The second-order valence-electron chi connectivity index (χ2n) is 5.06. The van der Waals surface area contributed by atoms with Gasteiger partial charge in [0, 0.05) is 27.1 Å². The van der Waals surface area contributed by atoms with Crippen molar-refractivity contribution < 1.29 is 29.3 Å². The molecule has 0 aliphatic heterocycles. The molecule has 6 nitrogen and oxygen atoms in total. The van der Waals surface area contributed by atoms with E-state index in [9.17, 15) is 9.59 Å². The van der Waals surface area contributed by atoms with Gasteiger partial charge in [0.25, 0.3) is 0 Å². The summed E-state index contributed by atoms with van der Waals surface area (Å²) in [5.74, 6) is -0.320. The molecule has 146 valence electrons. The van der Waals surface area contributed by atoms with Gasteiger partial charge in [-0.15, -0.1) is 0 Å². The van der Waals surface area contributed by atoms with Crippen molar-refractivity contribution in [2.75, 3.05) is 14.2 Å². The van der Waals surface area contributed by atoms with Crippen molar-refractivity contribution in [1.82, 2.24) is 0 Å². The minimum absolute atomic E-state index is 0.0299. The smallest absolute Gasteiger partial charge is 0.306 e. The van der Waals surface area contributed by atoms with E-state index in [0.29, 0.717) is 25.7 Å². The first kappa shape index (κ1) is 27.7. The van der Waals surface area contributed by atoms with E-state index in [-0.39, 0.29) is 24.1 Å². The van der Waals surface area contributed by atoms with E-state index < -0.39 is 0 Å². The Kier molecular flexibility index (Phi) is 25.2. The van der Waals surface area contributed by atoms with E-state index in [1.165, 1.54) is 0 Å². The van der Waals surface area contributed by atoms with E-state index in [2.05, 4.69) is 0 Å². The highest BCUT2D eigenvalue weighted by molar-refractivity contribution is 5.70. The van der Waals surface area contributed by atoms with Gasteiger partial charge in [-0.25, -0.2) is 0 Å². The van der Waals surface area contributed by atoms with E-state index in [0.717, 1.165) is 39.9 Å². The zero-order chi connectivity index (χ0) is 19.4. The lowest BCUT2D eigenvalue weighted by molar-refractivity contribution is -0.151. The van der Waals surface area contributed by atoms with Crippen LogP contribution in [0.5, 0.6) is 0 Å². The van der Waals surface area contributed by atoms with Crippen LogP contribution in [0.1, 0.15) is 79.1 Å². The fraction of sp³-hybridized carbons (Fsp3) is 0.889. The predicted octanol–water partition coefficient (Wildman–Crippen LogP) is 3.23. The summed E-state index contributed by atoms with van der Waals surface area (Å²) >= 11 is 0. The number of esters is 2. The lowest BCUT2D eigenvalue weighted by Crippen LogP contribution is -2.17. The number of aliphatic hydroxyl groups is 2. The Morgan fingerprint density at radius 2 is 0.917 bits per heavy atom. The summed E-state index contributed by atoms with van der Waals surface area (Å²) in [6.07, 6.45) is 5.59. The van der Waals surface area contributed by atoms with Gasteiger partial charge >= 0.3 is 11.9 Å². The molecule has 0 bridgehead atoms. The van der Waals surface area contributed by atoms with Crippen LogP contribution in [0.4, 0.5) is 0 Å². The molecule has 0 saturated carbocycles. The van der Waals surface area contributed by atoms with Gasteiger partial charge in [0.2, 0.25) is 0 Å². The maximum absolute atomic E-state index is 11.5. The molecule has 0 spiro atoms. The van der Waals surface area contributed by atoms with E-state index in [4.69, 9.17) is 19.7 Å². The molecule has 0 unspecified atom stereocenters. The van der Waals surface area contributed by atoms with Crippen molar-refractivity contribution in [2.45, 2.75) is 91.3 Å². The summed E-state index contributed by atoms with van der Waals surface area (Å²) in [4.78, 5) is 23.1. The fourth-order valence-electron chi connectivity index (χ4n) is 1.94. The van der Waals surface area contributed by atoms with Crippen molar-refractivity contribution >= 4 is 11.9 Å². The predicted molar refractivity (Wildman–Crippen MR) is 95.7 cm³/mol. The van der Waals surface area contributed by atoms with Crippen LogP contribution in [0.2, 0.25) is 0 Å². The van der Waals surface area contributed by atoms with Gasteiger partial charge in [-0.2, -0.15) is 0 Å². The zero-order valence-corrected chi connectivity index (χ0v) is 16.3. The van der Waals surface area contributed by atoms with Gasteiger partial charge < -0.3 is 19.7 Å². The summed E-state index contributed by atoms with van der Waals surface area (Å²) in [6, 6.07) is 0. The molecule has 0 heterocycles. The van der Waals surface area contributed by atoms with Crippen molar-refractivity contribution in [3.63, 3.8) is 0 Å². The lowest BCUT2D eigenvalue weighted by atomic mass is 10.2. The highest BCUT2D eigenvalue weighted by Crippen LogP contribution is 2.10. The van der Waals surface area contributed by atoms with Crippen molar-refractivity contribution in [3.8, 4) is 0 Å². The third-order valence-corrected chi connectivity index (χ3v) is 3.43. The van der Waals surface area contributed by atoms with E-state index >= 15 is 0 Å². The quantitative estimate of drug-likeness (QED) is 0.439. The number of hydrogen-bond donors (Lipinski definition) is 2. The molecule has 0 aliphatic carbocycles. The molecule has 0 rings (SSSR count). The second-order valence-corrected chi connectivity index (χ2v) is 5.06. The number of carbonyl (C=O) groups excluding carboxylic acids is 2. The molecule has 0 aromatic carbocycles. The van der Waals surface area contributed by atoms with Crippen LogP contribution in [0, 0.1) is 0 Å². The Morgan fingerprint density at radius 3 is 1.12 bits per heavy atom. The summed E-state index contributed by atoms with van der Waals surface area (Å²) in [6.45, 7) is 8.04. The van der Waals surface area contributed by atoms with Gasteiger partial charge in [0.15, 0.2) is 0 Å². The lowest BCUT2D eigenvalue weighted by Gasteiger charge is -2.14. The minimum Gasteiger partial charge on any atom is -0.462 e. The van der Waals surface area contributed by atoms with Crippen molar-refractivity contribution in [3.05, 3.63) is 0 Å². The summed E-state index contributed by atoms with van der Waals surface area (Å²) in [7, 11) is 2.00. The van der Waals surface area contributed by atoms with Gasteiger partial charge in [0.05, 0.1) is 0 Å². The van der Waals surface area contributed by atoms with Crippen LogP contribution in [-0.2, 0) is 19.1 Å². The molecular formula is C18H38O6. The molecule has 0 saturated heterocycles. The molecule has 2 N–H and O–H groups in total. The number of unbranched alkanes of at least 4 members (excludes halogenated alkanes) is 1. The van der Waals surface area contributed by atoms with Gasteiger partial charge in [-0.1, -0.05) is 27.7 Å².